The number of nitrogens with zero attached hydrogens (tertiary/aromatic N) is 2. The van der Waals surface area contributed by atoms with Gasteiger partial charge in [-0.1, -0.05) is 6.07 Å². The van der Waals surface area contributed by atoms with E-state index < -0.39 is 4.92 Å². The van der Waals surface area contributed by atoms with Gasteiger partial charge in [0.25, 0.3) is 0 Å². The van der Waals surface area contributed by atoms with Gasteiger partial charge in [0, 0.05) is 6.54 Å². The Morgan fingerprint density at radius 1 is 1.55 bits per heavy atom. The lowest BCUT2D eigenvalue weighted by atomic mass is 9.96. The van der Waals surface area contributed by atoms with Crippen molar-refractivity contribution in [2.75, 3.05) is 25.0 Å². The van der Waals surface area contributed by atoms with E-state index in [0.717, 1.165) is 19.5 Å². The number of hydrogen-bond donors (Lipinski definition) is 2. The first-order valence-corrected chi connectivity index (χ1v) is 6.84. The molecule has 0 amide bonds. The Kier molecular flexibility index (Phi) is 4.91. The molecule has 6 heteroatoms. The summed E-state index contributed by atoms with van der Waals surface area (Å²) in [6, 6.07) is 6.65. The van der Waals surface area contributed by atoms with Crippen LogP contribution in [0.1, 0.15) is 24.8 Å². The van der Waals surface area contributed by atoms with Crippen LogP contribution < -0.4 is 10.6 Å². The average Bonchev–Trinajstić information content (AvgIpc) is 2.47. The van der Waals surface area contributed by atoms with Crippen LogP contribution >= 0.6 is 0 Å². The van der Waals surface area contributed by atoms with Crippen LogP contribution in [0.25, 0.3) is 0 Å². The second-order valence-corrected chi connectivity index (χ2v) is 5.00. The van der Waals surface area contributed by atoms with Crippen molar-refractivity contribution in [1.29, 1.82) is 5.26 Å². The summed E-state index contributed by atoms with van der Waals surface area (Å²) in [5.74, 6) is 0.620. The number of hydrogen-bond acceptors (Lipinski definition) is 5. The van der Waals surface area contributed by atoms with Crippen LogP contribution in [0.15, 0.2) is 18.2 Å². The van der Waals surface area contributed by atoms with Gasteiger partial charge in [0.05, 0.1) is 4.92 Å². The molecule has 1 aliphatic rings. The number of nitro benzene ring substituents is 1. The first-order valence-electron chi connectivity index (χ1n) is 6.84. The fourth-order valence-corrected chi connectivity index (χ4v) is 2.55. The molecule has 0 bridgehead atoms. The summed E-state index contributed by atoms with van der Waals surface area (Å²) in [6.45, 7) is 2.78. The van der Waals surface area contributed by atoms with Crippen LogP contribution in [0.2, 0.25) is 0 Å². The standard InChI is InChI=1S/C14H18N4O2/c15-9-12-4-1-5-13(14(12)18(19)20)17-8-6-11-3-2-7-16-10-11/h1,4-5,11,16-17H,2-3,6-8,10H2. The van der Waals surface area contributed by atoms with Gasteiger partial charge < -0.3 is 10.6 Å². The van der Waals surface area contributed by atoms with Crippen molar-refractivity contribution in [3.05, 3.63) is 33.9 Å². The van der Waals surface area contributed by atoms with Crippen LogP contribution in [0.5, 0.6) is 0 Å². The third kappa shape index (κ3) is 3.45. The second kappa shape index (κ2) is 6.87. The summed E-state index contributed by atoms with van der Waals surface area (Å²) >= 11 is 0. The van der Waals surface area contributed by atoms with Gasteiger partial charge in [-0.05, 0) is 50.4 Å². The molecule has 1 heterocycles. The topological polar surface area (TPSA) is 91.0 Å². The average molecular weight is 274 g/mol. The molecule has 2 rings (SSSR count). The fourth-order valence-electron chi connectivity index (χ4n) is 2.55. The molecule has 106 valence electrons. The Morgan fingerprint density at radius 3 is 3.05 bits per heavy atom. The Labute approximate surface area is 117 Å². The predicted molar refractivity (Wildman–Crippen MR) is 76.5 cm³/mol. The molecule has 1 atom stereocenters. The van der Waals surface area contributed by atoms with Crippen molar-refractivity contribution in [1.82, 2.24) is 5.32 Å². The Balaban J connectivity index is 1.98. The molecule has 0 spiro atoms. The number of rotatable bonds is 5. The molecule has 0 aliphatic carbocycles. The minimum Gasteiger partial charge on any atom is -0.379 e. The van der Waals surface area contributed by atoms with E-state index in [-0.39, 0.29) is 11.3 Å². The third-order valence-corrected chi connectivity index (χ3v) is 3.61. The Bertz CT molecular complexity index is 518. The molecule has 0 radical (unpaired) electrons. The maximum Gasteiger partial charge on any atom is 0.309 e. The Hall–Kier alpha value is -2.13. The minimum atomic E-state index is -0.497. The number of nitriles is 1. The van der Waals surface area contributed by atoms with E-state index in [0.29, 0.717) is 18.2 Å². The molecular formula is C14H18N4O2. The fraction of sp³-hybridized carbons (Fsp3) is 0.500. The van der Waals surface area contributed by atoms with Gasteiger partial charge in [0.1, 0.15) is 17.3 Å². The summed E-state index contributed by atoms with van der Waals surface area (Å²) < 4.78 is 0. The van der Waals surface area contributed by atoms with Crippen molar-refractivity contribution in [3.8, 4) is 6.07 Å². The largest absolute Gasteiger partial charge is 0.379 e. The molecule has 6 nitrogen and oxygen atoms in total. The highest BCUT2D eigenvalue weighted by atomic mass is 16.6. The van der Waals surface area contributed by atoms with Crippen LogP contribution in [0.4, 0.5) is 11.4 Å². The van der Waals surface area contributed by atoms with E-state index >= 15 is 0 Å². The monoisotopic (exact) mass is 274 g/mol. The van der Waals surface area contributed by atoms with Gasteiger partial charge >= 0.3 is 5.69 Å². The van der Waals surface area contributed by atoms with Crippen LogP contribution in [-0.2, 0) is 0 Å². The highest BCUT2D eigenvalue weighted by Crippen LogP contribution is 2.28. The van der Waals surface area contributed by atoms with Gasteiger partial charge in [-0.3, -0.25) is 10.1 Å². The van der Waals surface area contributed by atoms with Crippen molar-refractivity contribution in [2.24, 2.45) is 5.92 Å². The van der Waals surface area contributed by atoms with E-state index in [1.165, 1.54) is 18.9 Å². The number of anilines is 1. The lowest BCUT2D eigenvalue weighted by molar-refractivity contribution is -0.384. The molecular weight excluding hydrogens is 256 g/mol. The lowest BCUT2D eigenvalue weighted by Gasteiger charge is -2.22. The SMILES string of the molecule is N#Cc1cccc(NCCC2CCCNC2)c1[N+](=O)[O-]. The van der Waals surface area contributed by atoms with Crippen LogP contribution in [0, 0.1) is 27.4 Å². The molecule has 0 aromatic heterocycles. The zero-order chi connectivity index (χ0) is 14.4. The summed E-state index contributed by atoms with van der Waals surface area (Å²) in [5, 5.41) is 26.4. The summed E-state index contributed by atoms with van der Waals surface area (Å²) in [5.41, 5.74) is 0.397. The van der Waals surface area contributed by atoms with Crippen LogP contribution in [0.3, 0.4) is 0 Å². The summed E-state index contributed by atoms with van der Waals surface area (Å²) in [6.07, 6.45) is 3.37. The van der Waals surface area contributed by atoms with E-state index in [1.807, 2.05) is 6.07 Å². The molecule has 1 saturated heterocycles. The number of nitro groups is 1. The molecule has 1 aliphatic heterocycles. The molecule has 0 saturated carbocycles. The first-order chi connectivity index (χ1) is 9.72. The molecule has 1 fully saturated rings. The molecule has 20 heavy (non-hydrogen) atoms. The molecule has 1 aromatic rings. The number of para-hydroxylation sites is 1. The number of nitrogens with one attached hydrogen (secondary N) is 2. The number of piperidine rings is 1. The zero-order valence-corrected chi connectivity index (χ0v) is 11.3. The van der Waals surface area contributed by atoms with E-state index in [2.05, 4.69) is 10.6 Å². The quantitative estimate of drug-likeness (QED) is 0.635. The van der Waals surface area contributed by atoms with Crippen molar-refractivity contribution in [2.45, 2.75) is 19.3 Å². The van der Waals surface area contributed by atoms with Crippen LogP contribution in [-0.4, -0.2) is 24.6 Å². The minimum absolute atomic E-state index is 0.0966. The smallest absolute Gasteiger partial charge is 0.309 e. The highest BCUT2D eigenvalue weighted by molar-refractivity contribution is 5.68. The molecule has 1 unspecified atom stereocenters. The van der Waals surface area contributed by atoms with Gasteiger partial charge in [-0.25, -0.2) is 0 Å². The highest BCUT2D eigenvalue weighted by Gasteiger charge is 2.19. The molecule has 2 N–H and O–H groups in total. The molecule has 1 aromatic carbocycles. The first kappa shape index (κ1) is 14.3. The van der Waals surface area contributed by atoms with E-state index in [4.69, 9.17) is 5.26 Å². The van der Waals surface area contributed by atoms with Gasteiger partial charge in [0.2, 0.25) is 0 Å². The second-order valence-electron chi connectivity index (χ2n) is 5.00. The van der Waals surface area contributed by atoms with Gasteiger partial charge in [-0.2, -0.15) is 5.26 Å². The van der Waals surface area contributed by atoms with E-state index in [1.54, 1.807) is 12.1 Å². The Morgan fingerprint density at radius 2 is 2.40 bits per heavy atom. The normalized spacial score (nSPS) is 18.2. The van der Waals surface area contributed by atoms with E-state index in [9.17, 15) is 10.1 Å². The third-order valence-electron chi connectivity index (χ3n) is 3.61. The zero-order valence-electron chi connectivity index (χ0n) is 11.3. The van der Waals surface area contributed by atoms with Gasteiger partial charge in [-0.15, -0.1) is 0 Å². The number of benzene rings is 1. The summed E-state index contributed by atoms with van der Waals surface area (Å²) in [7, 11) is 0. The van der Waals surface area contributed by atoms with Crippen molar-refractivity contribution in [3.63, 3.8) is 0 Å². The predicted octanol–water partition coefficient (Wildman–Crippen LogP) is 2.27. The lowest BCUT2D eigenvalue weighted by Crippen LogP contribution is -2.30. The van der Waals surface area contributed by atoms with Gasteiger partial charge in [0.15, 0.2) is 0 Å². The van der Waals surface area contributed by atoms with Crippen molar-refractivity contribution < 1.29 is 4.92 Å². The maximum atomic E-state index is 11.1. The summed E-state index contributed by atoms with van der Waals surface area (Å²) in [4.78, 5) is 10.6. The maximum absolute atomic E-state index is 11.1. The van der Waals surface area contributed by atoms with Crippen molar-refractivity contribution >= 4 is 11.4 Å².